The molecule has 40 heavy (non-hydrogen) atoms. The van der Waals surface area contributed by atoms with Crippen molar-refractivity contribution in [1.29, 1.82) is 0 Å². The Bertz CT molecular complexity index is 1270. The first-order valence-electron chi connectivity index (χ1n) is 15.4. The van der Waals surface area contributed by atoms with Gasteiger partial charge < -0.3 is 19.5 Å². The molecule has 3 aromatic rings. The minimum absolute atomic E-state index is 0.246. The van der Waals surface area contributed by atoms with Gasteiger partial charge in [-0.05, 0) is 84.0 Å². The topological polar surface area (TPSA) is 45.2 Å². The van der Waals surface area contributed by atoms with Crippen LogP contribution in [0.3, 0.4) is 0 Å². The second-order valence-corrected chi connectivity index (χ2v) is 12.3. The van der Waals surface area contributed by atoms with E-state index in [1.807, 2.05) is 12.1 Å². The van der Waals surface area contributed by atoms with Gasteiger partial charge in [0.25, 0.3) is 0 Å². The molecule has 2 aliphatic heterocycles. The lowest BCUT2D eigenvalue weighted by atomic mass is 9.69. The number of ether oxygens (including phenoxy) is 2. The molecular formula is C35H42N2O3. The predicted octanol–water partition coefficient (Wildman–Crippen LogP) is 6.31. The highest BCUT2D eigenvalue weighted by molar-refractivity contribution is 5.52. The molecule has 2 heterocycles. The minimum atomic E-state index is -0.246. The Balaban J connectivity index is 1.01. The summed E-state index contributed by atoms with van der Waals surface area (Å²) in [4.78, 5) is 5.22. The van der Waals surface area contributed by atoms with Crippen molar-refractivity contribution in [3.05, 3.63) is 95.1 Å². The van der Waals surface area contributed by atoms with Crippen molar-refractivity contribution < 1.29 is 14.6 Å². The third-order valence-corrected chi connectivity index (χ3v) is 10.0. The maximum atomic E-state index is 10.1. The van der Waals surface area contributed by atoms with Crippen LogP contribution in [0.4, 0.5) is 5.69 Å². The lowest BCUT2D eigenvalue weighted by molar-refractivity contribution is -0.183. The molecule has 1 N–H and O–H groups in total. The Morgan fingerprint density at radius 2 is 1.50 bits per heavy atom. The summed E-state index contributed by atoms with van der Waals surface area (Å²) in [7, 11) is 0. The normalized spacial score (nSPS) is 25.2. The molecule has 0 bridgehead atoms. The predicted molar refractivity (Wildman–Crippen MR) is 159 cm³/mol. The Labute approximate surface area is 238 Å². The maximum absolute atomic E-state index is 10.1. The Kier molecular flexibility index (Phi) is 7.29. The van der Waals surface area contributed by atoms with Crippen molar-refractivity contribution in [2.45, 2.75) is 56.1 Å². The molecule has 1 spiro atoms. The number of benzene rings is 3. The first-order chi connectivity index (χ1) is 19.7. The number of nitrogens with zero attached hydrogens (tertiary/aromatic N) is 2. The van der Waals surface area contributed by atoms with E-state index < -0.39 is 0 Å². The van der Waals surface area contributed by atoms with E-state index in [9.17, 15) is 5.11 Å². The van der Waals surface area contributed by atoms with Crippen LogP contribution in [-0.4, -0.2) is 61.7 Å². The fourth-order valence-corrected chi connectivity index (χ4v) is 7.81. The molecule has 2 atom stereocenters. The molecule has 2 aliphatic carbocycles. The van der Waals surface area contributed by atoms with Crippen molar-refractivity contribution >= 4 is 5.69 Å². The molecule has 0 radical (unpaired) electrons. The number of phenols is 1. The SMILES string of the molecule is Oc1ccc2c(c1)CCC(c1ccccc1)C2c1ccc(N2CCN(CC3CCC4(CC3)OCCO4)CC2)cc1. The number of hydrogen-bond acceptors (Lipinski definition) is 5. The number of fused-ring (bicyclic) bond motifs is 1. The van der Waals surface area contributed by atoms with Crippen molar-refractivity contribution in [3.63, 3.8) is 0 Å². The van der Waals surface area contributed by atoms with Gasteiger partial charge >= 0.3 is 0 Å². The number of hydrogen-bond donors (Lipinski definition) is 1. The van der Waals surface area contributed by atoms with Gasteiger partial charge in [0, 0.05) is 57.2 Å². The minimum Gasteiger partial charge on any atom is -0.508 e. The summed E-state index contributed by atoms with van der Waals surface area (Å²) in [6.45, 7) is 7.17. The maximum Gasteiger partial charge on any atom is 0.168 e. The molecule has 1 saturated carbocycles. The zero-order valence-electron chi connectivity index (χ0n) is 23.5. The first kappa shape index (κ1) is 26.1. The summed E-state index contributed by atoms with van der Waals surface area (Å²) in [6, 6.07) is 26.3. The Morgan fingerprint density at radius 3 is 2.23 bits per heavy atom. The molecule has 2 unspecified atom stereocenters. The Morgan fingerprint density at radius 1 is 0.775 bits per heavy atom. The summed E-state index contributed by atoms with van der Waals surface area (Å²) >= 11 is 0. The number of phenolic OH excluding ortho intramolecular Hbond substituents is 1. The molecule has 2 saturated heterocycles. The highest BCUT2D eigenvalue weighted by Gasteiger charge is 2.40. The second-order valence-electron chi connectivity index (χ2n) is 12.3. The lowest BCUT2D eigenvalue weighted by Gasteiger charge is -2.40. The molecule has 0 aromatic heterocycles. The first-order valence-corrected chi connectivity index (χ1v) is 15.4. The largest absolute Gasteiger partial charge is 0.508 e. The molecule has 0 amide bonds. The van der Waals surface area contributed by atoms with E-state index in [4.69, 9.17) is 9.47 Å². The van der Waals surface area contributed by atoms with E-state index in [-0.39, 0.29) is 5.79 Å². The van der Waals surface area contributed by atoms with Crippen LogP contribution >= 0.6 is 0 Å². The van der Waals surface area contributed by atoms with Crippen LogP contribution in [0, 0.1) is 5.92 Å². The molecule has 4 aliphatic rings. The fraction of sp³-hybridized carbons (Fsp3) is 0.486. The lowest BCUT2D eigenvalue weighted by Crippen LogP contribution is -2.48. The number of rotatable bonds is 5. The molecule has 3 fully saturated rings. The van der Waals surface area contributed by atoms with Gasteiger partial charge in [0.2, 0.25) is 0 Å². The van der Waals surface area contributed by atoms with Crippen LogP contribution in [0.25, 0.3) is 0 Å². The second kappa shape index (κ2) is 11.2. The standard InChI is InChI=1S/C35H42N2O3/c38-31-11-13-33-29(24-31)8-12-32(27-4-2-1-3-5-27)34(33)28-6-9-30(10-7-28)37-20-18-36(19-21-37)25-26-14-16-35(17-15-26)39-22-23-40-35/h1-7,9-11,13,24,26,32,34,38H,8,12,14-23,25H2. The van der Waals surface area contributed by atoms with E-state index in [0.29, 0.717) is 17.6 Å². The number of anilines is 1. The van der Waals surface area contributed by atoms with Gasteiger partial charge in [0.1, 0.15) is 5.75 Å². The van der Waals surface area contributed by atoms with E-state index in [2.05, 4.69) is 70.5 Å². The van der Waals surface area contributed by atoms with Crippen molar-refractivity contribution in [3.8, 4) is 5.75 Å². The zero-order valence-corrected chi connectivity index (χ0v) is 23.5. The number of aryl methyl sites for hydroxylation is 1. The highest BCUT2D eigenvalue weighted by Crippen LogP contribution is 2.47. The summed E-state index contributed by atoms with van der Waals surface area (Å²) < 4.78 is 11.9. The van der Waals surface area contributed by atoms with Crippen LogP contribution in [0.1, 0.15) is 66.2 Å². The third-order valence-electron chi connectivity index (χ3n) is 10.0. The van der Waals surface area contributed by atoms with Crippen LogP contribution in [0.5, 0.6) is 5.75 Å². The van der Waals surface area contributed by atoms with Crippen LogP contribution in [0.15, 0.2) is 72.8 Å². The number of piperazine rings is 1. The quantitative estimate of drug-likeness (QED) is 0.413. The average Bonchev–Trinajstić information content (AvgIpc) is 3.46. The Hall–Kier alpha value is -2.86. The molecule has 5 nitrogen and oxygen atoms in total. The van der Waals surface area contributed by atoms with E-state index >= 15 is 0 Å². The van der Waals surface area contributed by atoms with Gasteiger partial charge in [-0.3, -0.25) is 4.90 Å². The molecule has 3 aromatic carbocycles. The van der Waals surface area contributed by atoms with Crippen LogP contribution in [-0.2, 0) is 15.9 Å². The molecule has 7 rings (SSSR count). The molecular weight excluding hydrogens is 496 g/mol. The van der Waals surface area contributed by atoms with Gasteiger partial charge in [-0.15, -0.1) is 0 Å². The van der Waals surface area contributed by atoms with Crippen molar-refractivity contribution in [2.75, 3.05) is 50.8 Å². The van der Waals surface area contributed by atoms with Gasteiger partial charge in [0.15, 0.2) is 5.79 Å². The fourth-order valence-electron chi connectivity index (χ4n) is 7.81. The van der Waals surface area contributed by atoms with Crippen molar-refractivity contribution in [2.24, 2.45) is 5.92 Å². The van der Waals surface area contributed by atoms with Crippen molar-refractivity contribution in [1.82, 2.24) is 4.90 Å². The monoisotopic (exact) mass is 538 g/mol. The van der Waals surface area contributed by atoms with Gasteiger partial charge in [-0.25, -0.2) is 0 Å². The summed E-state index contributed by atoms with van der Waals surface area (Å²) in [5.74, 6) is 1.63. The van der Waals surface area contributed by atoms with Crippen LogP contribution < -0.4 is 4.90 Å². The molecule has 210 valence electrons. The van der Waals surface area contributed by atoms with E-state index in [1.54, 1.807) is 0 Å². The average molecular weight is 539 g/mol. The van der Waals surface area contributed by atoms with E-state index in [1.165, 1.54) is 47.3 Å². The highest BCUT2D eigenvalue weighted by atomic mass is 16.7. The van der Waals surface area contributed by atoms with Gasteiger partial charge in [-0.2, -0.15) is 0 Å². The summed E-state index contributed by atoms with van der Waals surface area (Å²) in [5, 5.41) is 10.1. The molecule has 5 heteroatoms. The van der Waals surface area contributed by atoms with Gasteiger partial charge in [-0.1, -0.05) is 48.5 Å². The summed E-state index contributed by atoms with van der Waals surface area (Å²) in [6.07, 6.45) is 6.65. The van der Waals surface area contributed by atoms with Crippen LogP contribution in [0.2, 0.25) is 0 Å². The van der Waals surface area contributed by atoms with E-state index in [0.717, 1.165) is 71.0 Å². The third kappa shape index (κ3) is 5.27. The van der Waals surface area contributed by atoms with Gasteiger partial charge in [0.05, 0.1) is 13.2 Å². The zero-order chi connectivity index (χ0) is 26.9. The smallest absolute Gasteiger partial charge is 0.168 e. The number of aromatic hydroxyl groups is 1. The summed E-state index contributed by atoms with van der Waals surface area (Å²) in [5.41, 5.74) is 6.75.